The number of carbonyl (C=O) groups excluding carboxylic acids is 1. The summed E-state index contributed by atoms with van der Waals surface area (Å²) in [5, 5.41) is 15.1. The number of amides is 2. The average Bonchev–Trinajstić information content (AvgIpc) is 3.63. The number of anilines is 1. The van der Waals surface area contributed by atoms with E-state index in [0.717, 1.165) is 18.8 Å². The Kier molecular flexibility index (Phi) is 6.37. The maximum Gasteiger partial charge on any atom is 0.341 e. The van der Waals surface area contributed by atoms with E-state index in [0.29, 0.717) is 58.5 Å². The molecule has 13 nitrogen and oxygen atoms in total. The van der Waals surface area contributed by atoms with Crippen LogP contribution in [-0.4, -0.2) is 115 Å². The molecule has 4 fully saturated rings. The zero-order valence-electron chi connectivity index (χ0n) is 19.3. The molecular weight excluding hydrogens is 458 g/mol. The summed E-state index contributed by atoms with van der Waals surface area (Å²) in [6.07, 6.45) is -0.581. The van der Waals surface area contributed by atoms with Gasteiger partial charge in [-0.3, -0.25) is 0 Å². The van der Waals surface area contributed by atoms with Crippen LogP contribution in [0.15, 0.2) is 24.3 Å². The van der Waals surface area contributed by atoms with E-state index in [2.05, 4.69) is 25.7 Å². The average molecular weight is 488 g/mol. The number of benzene rings is 1. The molecule has 1 N–H and O–H groups in total. The highest BCUT2D eigenvalue weighted by atomic mass is 16.6. The van der Waals surface area contributed by atoms with Gasteiger partial charge in [-0.25, -0.2) is 4.79 Å². The fraction of sp³-hybridized carbons (Fsp3) is 0.636. The van der Waals surface area contributed by atoms with E-state index in [-0.39, 0.29) is 36.3 Å². The van der Waals surface area contributed by atoms with E-state index in [1.807, 2.05) is 24.3 Å². The van der Waals surface area contributed by atoms with Crippen LogP contribution in [0.4, 0.5) is 10.5 Å². The number of nitrogens with zero attached hydrogens (tertiary/aromatic N) is 6. The molecule has 13 heteroatoms. The second-order valence-electron chi connectivity index (χ2n) is 8.92. The largest absolute Gasteiger partial charge is 0.423 e. The van der Waals surface area contributed by atoms with Gasteiger partial charge >= 0.3 is 12.0 Å². The van der Waals surface area contributed by atoms with E-state index in [4.69, 9.17) is 23.7 Å². The molecule has 4 aliphatic rings. The summed E-state index contributed by atoms with van der Waals surface area (Å²) in [5.74, 6) is 0.642. The van der Waals surface area contributed by atoms with Crippen LogP contribution in [0.5, 0.6) is 11.8 Å². The number of aromatic nitrogens is 4. The third-order valence-electron chi connectivity index (χ3n) is 6.81. The Morgan fingerprint density at radius 1 is 1.00 bits per heavy atom. The standard InChI is InChI=1S/C22H29N7O6/c30-21(28-6-10-32-11-7-28)23-17-13-33-20-18(14-34-19(17)20)29-22(24-25-26-29)35-16-3-1-2-15(12-16)27-4-8-31-9-5-27/h1-3,12,17-20H,4-11,13-14H2,(H,23,30). The molecule has 0 radical (unpaired) electrons. The first-order valence-corrected chi connectivity index (χ1v) is 12.0. The molecule has 0 bridgehead atoms. The molecule has 1 aromatic heterocycles. The highest BCUT2D eigenvalue weighted by Gasteiger charge is 2.50. The summed E-state index contributed by atoms with van der Waals surface area (Å²) in [6, 6.07) is 7.48. The van der Waals surface area contributed by atoms with Gasteiger partial charge in [-0.15, -0.1) is 0 Å². The van der Waals surface area contributed by atoms with E-state index in [1.54, 1.807) is 9.58 Å². The maximum atomic E-state index is 12.6. The highest BCUT2D eigenvalue weighted by Crippen LogP contribution is 2.36. The molecule has 6 rings (SSSR count). The van der Waals surface area contributed by atoms with Crippen molar-refractivity contribution in [3.8, 4) is 11.8 Å². The first kappa shape index (κ1) is 22.5. The molecule has 0 aliphatic carbocycles. The van der Waals surface area contributed by atoms with Gasteiger partial charge in [-0.05, 0) is 22.6 Å². The van der Waals surface area contributed by atoms with Crippen molar-refractivity contribution in [3.05, 3.63) is 24.3 Å². The summed E-state index contributed by atoms with van der Waals surface area (Å²) >= 11 is 0. The summed E-state index contributed by atoms with van der Waals surface area (Å²) in [6.45, 7) is 6.07. The van der Waals surface area contributed by atoms with E-state index in [9.17, 15) is 4.79 Å². The zero-order valence-corrected chi connectivity index (χ0v) is 19.3. The Balaban J connectivity index is 1.11. The van der Waals surface area contributed by atoms with Gasteiger partial charge in [-0.1, -0.05) is 11.2 Å². The number of rotatable bonds is 5. The van der Waals surface area contributed by atoms with Gasteiger partial charge < -0.3 is 38.8 Å². The Morgan fingerprint density at radius 3 is 2.60 bits per heavy atom. The summed E-state index contributed by atoms with van der Waals surface area (Å²) in [4.78, 5) is 16.6. The fourth-order valence-electron chi connectivity index (χ4n) is 4.96. The number of morpholine rings is 2. The van der Waals surface area contributed by atoms with Crippen molar-refractivity contribution in [2.24, 2.45) is 0 Å². The lowest BCUT2D eigenvalue weighted by atomic mass is 10.1. The number of carbonyl (C=O) groups is 1. The predicted molar refractivity (Wildman–Crippen MR) is 121 cm³/mol. The summed E-state index contributed by atoms with van der Waals surface area (Å²) in [7, 11) is 0. The highest BCUT2D eigenvalue weighted by molar-refractivity contribution is 5.74. The number of urea groups is 1. The first-order valence-electron chi connectivity index (χ1n) is 12.0. The maximum absolute atomic E-state index is 12.6. The molecule has 1 aromatic carbocycles. The van der Waals surface area contributed by atoms with Crippen molar-refractivity contribution in [2.45, 2.75) is 24.3 Å². The minimum Gasteiger partial charge on any atom is -0.423 e. The monoisotopic (exact) mass is 487 g/mol. The summed E-state index contributed by atoms with van der Waals surface area (Å²) in [5.41, 5.74) is 1.06. The fourth-order valence-corrected chi connectivity index (χ4v) is 4.96. The molecule has 4 atom stereocenters. The lowest BCUT2D eigenvalue weighted by Gasteiger charge is -2.29. The lowest BCUT2D eigenvalue weighted by Crippen LogP contribution is -2.52. The number of nitrogens with one attached hydrogen (secondary N) is 1. The molecule has 188 valence electrons. The topological polar surface area (TPSA) is 125 Å². The quantitative estimate of drug-likeness (QED) is 0.618. The molecule has 0 saturated carbocycles. The van der Waals surface area contributed by atoms with Gasteiger partial charge in [-0.2, -0.15) is 4.68 Å². The molecular formula is C22H29N7O6. The van der Waals surface area contributed by atoms with Crippen LogP contribution in [0, 0.1) is 0 Å². The Morgan fingerprint density at radius 2 is 1.77 bits per heavy atom. The van der Waals surface area contributed by atoms with Crippen LogP contribution in [-0.2, 0) is 18.9 Å². The SMILES string of the molecule is O=C(NC1COC2C1OCC2n1nnnc1Oc1cccc(N2CCOCC2)c1)N1CCOCC1. The minimum atomic E-state index is -0.296. The van der Waals surface area contributed by atoms with Crippen molar-refractivity contribution in [3.63, 3.8) is 0 Å². The van der Waals surface area contributed by atoms with Gasteiger partial charge in [0.15, 0.2) is 0 Å². The molecule has 2 aromatic rings. The Bertz CT molecular complexity index is 1030. The third-order valence-corrected chi connectivity index (χ3v) is 6.81. The zero-order chi connectivity index (χ0) is 23.6. The van der Waals surface area contributed by atoms with Crippen LogP contribution >= 0.6 is 0 Å². The Labute approximate surface area is 202 Å². The van der Waals surface area contributed by atoms with Crippen LogP contribution in [0.3, 0.4) is 0 Å². The van der Waals surface area contributed by atoms with Crippen LogP contribution < -0.4 is 15.0 Å². The number of tetrazole rings is 1. The molecule has 4 aliphatic heterocycles. The van der Waals surface area contributed by atoms with Crippen LogP contribution in [0.25, 0.3) is 0 Å². The van der Waals surface area contributed by atoms with Gasteiger partial charge in [0.1, 0.15) is 24.0 Å². The molecule has 5 heterocycles. The van der Waals surface area contributed by atoms with Crippen LogP contribution in [0.1, 0.15) is 6.04 Å². The smallest absolute Gasteiger partial charge is 0.341 e. The molecule has 0 spiro atoms. The number of hydrogen-bond acceptors (Lipinski definition) is 10. The minimum absolute atomic E-state index is 0.124. The van der Waals surface area contributed by atoms with Gasteiger partial charge in [0.05, 0.1) is 45.7 Å². The Hall–Kier alpha value is -3.00. The second kappa shape index (κ2) is 9.93. The summed E-state index contributed by atoms with van der Waals surface area (Å²) < 4.78 is 30.6. The van der Waals surface area contributed by atoms with Crippen molar-refractivity contribution in [1.29, 1.82) is 0 Å². The van der Waals surface area contributed by atoms with E-state index < -0.39 is 0 Å². The predicted octanol–water partition coefficient (Wildman–Crippen LogP) is 0.0511. The second-order valence-corrected chi connectivity index (χ2v) is 8.92. The first-order chi connectivity index (χ1) is 17.3. The van der Waals surface area contributed by atoms with Crippen molar-refractivity contribution < 1.29 is 28.5 Å². The number of hydrogen-bond donors (Lipinski definition) is 1. The third kappa shape index (κ3) is 4.63. The van der Waals surface area contributed by atoms with Crippen LogP contribution in [0.2, 0.25) is 0 Å². The van der Waals surface area contributed by atoms with Crippen molar-refractivity contribution in [1.82, 2.24) is 30.4 Å². The molecule has 2 amide bonds. The number of ether oxygens (including phenoxy) is 5. The molecule has 35 heavy (non-hydrogen) atoms. The number of fused-ring (bicyclic) bond motifs is 1. The molecule has 4 unspecified atom stereocenters. The lowest BCUT2D eigenvalue weighted by molar-refractivity contribution is 0.0485. The van der Waals surface area contributed by atoms with Crippen molar-refractivity contribution in [2.75, 3.05) is 70.7 Å². The van der Waals surface area contributed by atoms with E-state index in [1.165, 1.54) is 0 Å². The normalized spacial score (nSPS) is 28.7. The molecule has 4 saturated heterocycles. The van der Waals surface area contributed by atoms with Gasteiger partial charge in [0.2, 0.25) is 0 Å². The van der Waals surface area contributed by atoms with Gasteiger partial charge in [0.25, 0.3) is 0 Å². The van der Waals surface area contributed by atoms with Gasteiger partial charge in [0, 0.05) is 37.9 Å². The van der Waals surface area contributed by atoms with E-state index >= 15 is 0 Å². The van der Waals surface area contributed by atoms with Crippen molar-refractivity contribution >= 4 is 11.7 Å².